The number of hydrogen-bond acceptors (Lipinski definition) is 2. The first kappa shape index (κ1) is 17.2. The molecule has 3 nitrogen and oxygen atoms in total. The van der Waals surface area contributed by atoms with E-state index in [1.165, 1.54) is 0 Å². The van der Waals surface area contributed by atoms with Crippen LogP contribution in [0, 0.1) is 0 Å². The molecule has 128 valence electrons. The second-order valence-corrected chi connectivity index (χ2v) is 8.76. The van der Waals surface area contributed by atoms with Crippen LogP contribution >= 0.6 is 0 Å². The number of benzene rings is 2. The van der Waals surface area contributed by atoms with E-state index in [1.54, 1.807) is 4.31 Å². The van der Waals surface area contributed by atoms with Crippen molar-refractivity contribution in [2.24, 2.45) is 0 Å². The molecule has 0 heterocycles. The van der Waals surface area contributed by atoms with E-state index in [2.05, 4.69) is 0 Å². The Hall–Kier alpha value is -1.65. The molecule has 0 unspecified atom stereocenters. The molecule has 1 fully saturated rings. The molecule has 1 aliphatic carbocycles. The Kier molecular flexibility index (Phi) is 5.69. The summed E-state index contributed by atoms with van der Waals surface area (Å²) < 4.78 is 28.1. The third-order valence-electron chi connectivity index (χ3n) is 4.74. The summed E-state index contributed by atoms with van der Waals surface area (Å²) in [6.45, 7) is 0.878. The van der Waals surface area contributed by atoms with Crippen molar-refractivity contribution in [1.82, 2.24) is 4.31 Å². The van der Waals surface area contributed by atoms with Gasteiger partial charge in [0.2, 0.25) is 10.0 Å². The number of nitrogens with zero attached hydrogens (tertiary/aromatic N) is 1. The van der Waals surface area contributed by atoms with E-state index in [9.17, 15) is 8.42 Å². The van der Waals surface area contributed by atoms with Gasteiger partial charge in [0.15, 0.2) is 0 Å². The molecular formula is C20H25NO2S. The van der Waals surface area contributed by atoms with Crippen LogP contribution in [0.5, 0.6) is 0 Å². The number of rotatable bonds is 6. The van der Waals surface area contributed by atoms with Crippen molar-refractivity contribution < 1.29 is 8.42 Å². The highest BCUT2D eigenvalue weighted by Crippen LogP contribution is 2.28. The Bertz CT molecular complexity index is 681. The van der Waals surface area contributed by atoms with Crippen LogP contribution in [0.15, 0.2) is 60.7 Å². The maximum absolute atomic E-state index is 13.2. The molecule has 1 aliphatic rings. The molecule has 0 amide bonds. The normalized spacial score (nSPS) is 16.4. The van der Waals surface area contributed by atoms with E-state index < -0.39 is 10.0 Å². The van der Waals surface area contributed by atoms with Gasteiger partial charge in [0.1, 0.15) is 0 Å². The lowest BCUT2D eigenvalue weighted by Crippen LogP contribution is -2.39. The number of hydrogen-bond donors (Lipinski definition) is 0. The van der Waals surface area contributed by atoms with E-state index in [1.807, 2.05) is 60.7 Å². The van der Waals surface area contributed by atoms with Crippen LogP contribution in [0.1, 0.15) is 43.2 Å². The first-order valence-electron chi connectivity index (χ1n) is 8.73. The van der Waals surface area contributed by atoms with Crippen LogP contribution in [-0.2, 0) is 23.1 Å². The summed E-state index contributed by atoms with van der Waals surface area (Å²) >= 11 is 0. The van der Waals surface area contributed by atoms with Crippen molar-refractivity contribution in [2.45, 2.75) is 50.4 Å². The van der Waals surface area contributed by atoms with Gasteiger partial charge in [-0.3, -0.25) is 0 Å². The fraction of sp³-hybridized carbons (Fsp3) is 0.400. The third kappa shape index (κ3) is 4.25. The van der Waals surface area contributed by atoms with Crippen molar-refractivity contribution >= 4 is 10.0 Å². The SMILES string of the molecule is O=S(=O)(C1CCCCC1)N(Cc1ccccc1)Cc1ccccc1. The van der Waals surface area contributed by atoms with Gasteiger partial charge >= 0.3 is 0 Å². The van der Waals surface area contributed by atoms with Gasteiger partial charge in [-0.05, 0) is 24.0 Å². The quantitative estimate of drug-likeness (QED) is 0.782. The van der Waals surface area contributed by atoms with Crippen LogP contribution in [0.2, 0.25) is 0 Å². The summed E-state index contributed by atoms with van der Waals surface area (Å²) in [4.78, 5) is 0. The fourth-order valence-electron chi connectivity index (χ4n) is 3.38. The minimum Gasteiger partial charge on any atom is -0.212 e. The molecule has 3 rings (SSSR count). The Morgan fingerprint density at radius 3 is 1.67 bits per heavy atom. The van der Waals surface area contributed by atoms with Crippen LogP contribution in [0.4, 0.5) is 0 Å². The zero-order valence-electron chi connectivity index (χ0n) is 14.0. The highest BCUT2D eigenvalue weighted by Gasteiger charge is 2.33. The maximum atomic E-state index is 13.2. The lowest BCUT2D eigenvalue weighted by atomic mass is 10.0. The molecular weight excluding hydrogens is 318 g/mol. The summed E-state index contributed by atoms with van der Waals surface area (Å²) in [6, 6.07) is 19.7. The van der Waals surface area contributed by atoms with Gasteiger partial charge in [-0.2, -0.15) is 4.31 Å². The van der Waals surface area contributed by atoms with Gasteiger partial charge < -0.3 is 0 Å². The van der Waals surface area contributed by atoms with E-state index in [-0.39, 0.29) is 5.25 Å². The Morgan fingerprint density at radius 2 is 1.21 bits per heavy atom. The van der Waals surface area contributed by atoms with E-state index in [0.717, 1.165) is 43.2 Å². The Balaban J connectivity index is 1.85. The molecule has 0 aromatic heterocycles. The third-order valence-corrected chi connectivity index (χ3v) is 7.03. The van der Waals surface area contributed by atoms with Gasteiger partial charge in [0, 0.05) is 13.1 Å². The highest BCUT2D eigenvalue weighted by atomic mass is 32.2. The molecule has 0 aliphatic heterocycles. The van der Waals surface area contributed by atoms with E-state index in [0.29, 0.717) is 13.1 Å². The second kappa shape index (κ2) is 7.95. The first-order valence-corrected chi connectivity index (χ1v) is 10.2. The molecule has 24 heavy (non-hydrogen) atoms. The predicted octanol–water partition coefficient (Wildman–Crippen LogP) is 4.35. The first-order chi connectivity index (χ1) is 11.7. The van der Waals surface area contributed by atoms with E-state index in [4.69, 9.17) is 0 Å². The van der Waals surface area contributed by atoms with Crippen molar-refractivity contribution in [1.29, 1.82) is 0 Å². The lowest BCUT2D eigenvalue weighted by molar-refractivity contribution is 0.377. The molecule has 0 saturated heterocycles. The van der Waals surface area contributed by atoms with Crippen LogP contribution < -0.4 is 0 Å². The zero-order valence-corrected chi connectivity index (χ0v) is 14.8. The molecule has 1 saturated carbocycles. The minimum absolute atomic E-state index is 0.223. The van der Waals surface area contributed by atoms with Crippen LogP contribution in [-0.4, -0.2) is 18.0 Å². The van der Waals surface area contributed by atoms with Gasteiger partial charge in [0.05, 0.1) is 5.25 Å². The smallest absolute Gasteiger partial charge is 0.212 e. The van der Waals surface area contributed by atoms with Crippen molar-refractivity contribution in [2.75, 3.05) is 0 Å². The minimum atomic E-state index is -3.29. The summed E-state index contributed by atoms with van der Waals surface area (Å²) in [7, 11) is -3.29. The van der Waals surface area contributed by atoms with E-state index >= 15 is 0 Å². The predicted molar refractivity (Wildman–Crippen MR) is 97.9 cm³/mol. The zero-order chi connectivity index (χ0) is 16.8. The summed E-state index contributed by atoms with van der Waals surface area (Å²) in [6.07, 6.45) is 4.79. The average Bonchev–Trinajstić information content (AvgIpc) is 2.64. The Morgan fingerprint density at radius 1 is 0.750 bits per heavy atom. The topological polar surface area (TPSA) is 37.4 Å². The molecule has 0 N–H and O–H groups in total. The maximum Gasteiger partial charge on any atom is 0.217 e. The second-order valence-electron chi connectivity index (χ2n) is 6.54. The molecule has 4 heteroatoms. The summed E-state index contributed by atoms with van der Waals surface area (Å²) in [5, 5.41) is -0.223. The monoisotopic (exact) mass is 343 g/mol. The lowest BCUT2D eigenvalue weighted by Gasteiger charge is -2.30. The van der Waals surface area contributed by atoms with Crippen LogP contribution in [0.3, 0.4) is 0 Å². The molecule has 0 radical (unpaired) electrons. The Labute approximate surface area is 145 Å². The van der Waals surface area contributed by atoms with Crippen molar-refractivity contribution in [3.8, 4) is 0 Å². The van der Waals surface area contributed by atoms with Crippen molar-refractivity contribution in [3.63, 3.8) is 0 Å². The summed E-state index contributed by atoms with van der Waals surface area (Å²) in [5.74, 6) is 0. The van der Waals surface area contributed by atoms with Crippen molar-refractivity contribution in [3.05, 3.63) is 71.8 Å². The fourth-order valence-corrected chi connectivity index (χ4v) is 5.39. The number of sulfonamides is 1. The average molecular weight is 343 g/mol. The standard InChI is InChI=1S/C20H25NO2S/c22-24(23,20-14-8-3-9-15-20)21(16-18-10-4-1-5-11-18)17-19-12-6-2-7-13-19/h1-2,4-7,10-13,20H,3,8-9,14-17H2. The van der Waals surface area contributed by atoms with Gasteiger partial charge in [0.25, 0.3) is 0 Å². The highest BCUT2D eigenvalue weighted by molar-refractivity contribution is 7.89. The molecule has 0 bridgehead atoms. The van der Waals surface area contributed by atoms with Gasteiger partial charge in [-0.25, -0.2) is 8.42 Å². The molecule has 0 spiro atoms. The van der Waals surface area contributed by atoms with Crippen LogP contribution in [0.25, 0.3) is 0 Å². The summed E-state index contributed by atoms with van der Waals surface area (Å²) in [5.41, 5.74) is 2.07. The molecule has 2 aromatic rings. The largest absolute Gasteiger partial charge is 0.217 e. The van der Waals surface area contributed by atoms with Gasteiger partial charge in [-0.15, -0.1) is 0 Å². The van der Waals surface area contributed by atoms with Gasteiger partial charge in [-0.1, -0.05) is 79.9 Å². The molecule has 2 aromatic carbocycles. The molecule has 0 atom stereocenters.